The number of fused-ring (bicyclic) bond motifs is 2. The summed E-state index contributed by atoms with van der Waals surface area (Å²) in [7, 11) is 0. The van der Waals surface area contributed by atoms with E-state index in [4.69, 9.17) is 0 Å². The predicted molar refractivity (Wildman–Crippen MR) is 129 cm³/mol. The Balaban J connectivity index is 1.24. The number of thiophene rings is 1. The molecule has 1 aromatic heterocycles. The summed E-state index contributed by atoms with van der Waals surface area (Å²) in [6.45, 7) is 1.71. The molecule has 6 heteroatoms. The maximum absolute atomic E-state index is 12.7. The van der Waals surface area contributed by atoms with Crippen LogP contribution in [0.2, 0.25) is 0 Å². The Hall–Kier alpha value is -3.64. The van der Waals surface area contributed by atoms with Crippen molar-refractivity contribution in [2.75, 3.05) is 11.9 Å². The van der Waals surface area contributed by atoms with Crippen molar-refractivity contribution < 1.29 is 9.59 Å². The van der Waals surface area contributed by atoms with E-state index in [9.17, 15) is 9.59 Å². The number of nitrogens with one attached hydrogen (secondary N) is 2. The van der Waals surface area contributed by atoms with E-state index in [2.05, 4.69) is 28.8 Å². The number of amides is 3. The smallest absolute Gasteiger partial charge is 0.319 e. The SMILES string of the molecule is O=C(NCc1cccc2ccccc12)Nc1ccc2c(c1)CN(C(=O)c1cccs1)CC2. The van der Waals surface area contributed by atoms with Crippen molar-refractivity contribution in [1.82, 2.24) is 10.2 Å². The van der Waals surface area contributed by atoms with Crippen molar-refractivity contribution in [1.29, 1.82) is 0 Å². The summed E-state index contributed by atoms with van der Waals surface area (Å²) in [5.41, 5.74) is 4.10. The van der Waals surface area contributed by atoms with Gasteiger partial charge in [0.15, 0.2) is 0 Å². The number of anilines is 1. The zero-order valence-corrected chi connectivity index (χ0v) is 18.3. The molecule has 0 spiro atoms. The average molecular weight is 442 g/mol. The summed E-state index contributed by atoms with van der Waals surface area (Å²) >= 11 is 1.47. The van der Waals surface area contributed by atoms with E-state index >= 15 is 0 Å². The van der Waals surface area contributed by atoms with Gasteiger partial charge in [-0.2, -0.15) is 0 Å². The van der Waals surface area contributed by atoms with Crippen LogP contribution < -0.4 is 10.6 Å². The van der Waals surface area contributed by atoms with Gasteiger partial charge in [-0.3, -0.25) is 4.79 Å². The van der Waals surface area contributed by atoms with Crippen LogP contribution in [0.5, 0.6) is 0 Å². The first-order chi connectivity index (χ1) is 15.7. The van der Waals surface area contributed by atoms with E-state index in [1.54, 1.807) is 0 Å². The number of nitrogens with zero attached hydrogens (tertiary/aromatic N) is 1. The van der Waals surface area contributed by atoms with Crippen LogP contribution in [0.1, 0.15) is 26.4 Å². The van der Waals surface area contributed by atoms with Gasteiger partial charge in [-0.1, -0.05) is 54.6 Å². The largest absolute Gasteiger partial charge is 0.334 e. The monoisotopic (exact) mass is 441 g/mol. The molecular weight excluding hydrogens is 418 g/mol. The average Bonchev–Trinajstić information content (AvgIpc) is 3.37. The normalized spacial score (nSPS) is 12.9. The highest BCUT2D eigenvalue weighted by Crippen LogP contribution is 2.25. The highest BCUT2D eigenvalue weighted by atomic mass is 32.1. The van der Waals surface area contributed by atoms with Crippen molar-refractivity contribution in [3.63, 3.8) is 0 Å². The van der Waals surface area contributed by atoms with Gasteiger partial charge >= 0.3 is 6.03 Å². The number of rotatable bonds is 4. The van der Waals surface area contributed by atoms with E-state index in [0.717, 1.165) is 38.9 Å². The summed E-state index contributed by atoms with van der Waals surface area (Å²) in [5.74, 6) is 0.0665. The molecule has 3 aromatic carbocycles. The maximum Gasteiger partial charge on any atom is 0.319 e. The molecule has 160 valence electrons. The minimum absolute atomic E-state index is 0.0665. The summed E-state index contributed by atoms with van der Waals surface area (Å²) in [6.07, 6.45) is 0.819. The van der Waals surface area contributed by atoms with Crippen LogP contribution >= 0.6 is 11.3 Å². The molecule has 0 atom stereocenters. The van der Waals surface area contributed by atoms with E-state index in [1.165, 1.54) is 16.9 Å². The molecule has 0 bridgehead atoms. The number of hydrogen-bond acceptors (Lipinski definition) is 3. The minimum atomic E-state index is -0.250. The summed E-state index contributed by atoms with van der Waals surface area (Å²) in [6, 6.07) is 23.7. The molecule has 5 rings (SSSR count). The van der Waals surface area contributed by atoms with Crippen molar-refractivity contribution in [2.24, 2.45) is 0 Å². The fraction of sp³-hybridized carbons (Fsp3) is 0.154. The highest BCUT2D eigenvalue weighted by Gasteiger charge is 2.22. The second-order valence-corrected chi connectivity index (χ2v) is 8.83. The molecular formula is C26H23N3O2S. The Kier molecular flexibility index (Phi) is 5.60. The van der Waals surface area contributed by atoms with Gasteiger partial charge in [0.2, 0.25) is 0 Å². The van der Waals surface area contributed by atoms with Crippen molar-refractivity contribution in [3.05, 3.63) is 99.7 Å². The Morgan fingerprint density at radius 3 is 2.69 bits per heavy atom. The Morgan fingerprint density at radius 1 is 0.938 bits per heavy atom. The molecule has 0 unspecified atom stereocenters. The van der Waals surface area contributed by atoms with Gasteiger partial charge in [0, 0.05) is 25.3 Å². The molecule has 1 aliphatic heterocycles. The molecule has 0 aliphatic carbocycles. The van der Waals surface area contributed by atoms with Gasteiger partial charge in [-0.25, -0.2) is 4.79 Å². The fourth-order valence-electron chi connectivity index (χ4n) is 4.16. The molecule has 2 heterocycles. The van der Waals surface area contributed by atoms with E-state index in [-0.39, 0.29) is 11.9 Å². The molecule has 0 radical (unpaired) electrons. The van der Waals surface area contributed by atoms with Crippen LogP contribution in [-0.4, -0.2) is 23.4 Å². The summed E-state index contributed by atoms with van der Waals surface area (Å²) in [5, 5.41) is 10.1. The van der Waals surface area contributed by atoms with Gasteiger partial charge < -0.3 is 15.5 Å². The molecule has 0 fully saturated rings. The molecule has 0 saturated heterocycles. The molecule has 1 aliphatic rings. The van der Waals surface area contributed by atoms with E-state index in [0.29, 0.717) is 19.6 Å². The molecule has 3 amide bonds. The van der Waals surface area contributed by atoms with Crippen LogP contribution in [-0.2, 0) is 19.5 Å². The first kappa shape index (κ1) is 20.3. The lowest BCUT2D eigenvalue weighted by Crippen LogP contribution is -2.35. The molecule has 2 N–H and O–H groups in total. The van der Waals surface area contributed by atoms with Crippen molar-refractivity contribution in [2.45, 2.75) is 19.5 Å². The van der Waals surface area contributed by atoms with Gasteiger partial charge in [0.05, 0.1) is 4.88 Å². The third-order valence-electron chi connectivity index (χ3n) is 5.81. The van der Waals surface area contributed by atoms with E-state index < -0.39 is 0 Å². The summed E-state index contributed by atoms with van der Waals surface area (Å²) < 4.78 is 0. The van der Waals surface area contributed by atoms with Gasteiger partial charge in [0.25, 0.3) is 5.91 Å². The third kappa shape index (κ3) is 4.22. The second kappa shape index (κ2) is 8.85. The number of hydrogen-bond donors (Lipinski definition) is 2. The third-order valence-corrected chi connectivity index (χ3v) is 6.67. The number of carbonyl (C=O) groups excluding carboxylic acids is 2. The van der Waals surface area contributed by atoms with Gasteiger partial charge in [-0.15, -0.1) is 11.3 Å². The lowest BCUT2D eigenvalue weighted by Gasteiger charge is -2.29. The zero-order chi connectivity index (χ0) is 21.9. The highest BCUT2D eigenvalue weighted by molar-refractivity contribution is 7.12. The van der Waals surface area contributed by atoms with Crippen LogP contribution in [0, 0.1) is 0 Å². The lowest BCUT2D eigenvalue weighted by atomic mass is 9.99. The van der Waals surface area contributed by atoms with Gasteiger partial charge in [0.1, 0.15) is 0 Å². The first-order valence-corrected chi connectivity index (χ1v) is 11.5. The number of carbonyl (C=O) groups is 2. The molecule has 4 aromatic rings. The summed E-state index contributed by atoms with van der Waals surface area (Å²) in [4.78, 5) is 27.9. The zero-order valence-electron chi connectivity index (χ0n) is 17.5. The molecule has 32 heavy (non-hydrogen) atoms. The molecule has 5 nitrogen and oxygen atoms in total. The minimum Gasteiger partial charge on any atom is -0.334 e. The maximum atomic E-state index is 12.7. The quantitative estimate of drug-likeness (QED) is 0.444. The topological polar surface area (TPSA) is 61.4 Å². The lowest BCUT2D eigenvalue weighted by molar-refractivity contribution is 0.0739. The van der Waals surface area contributed by atoms with Crippen LogP contribution in [0.4, 0.5) is 10.5 Å². The predicted octanol–water partition coefficient (Wildman–Crippen LogP) is 5.42. The second-order valence-electron chi connectivity index (χ2n) is 7.88. The van der Waals surface area contributed by atoms with Crippen molar-refractivity contribution >= 4 is 39.7 Å². The van der Waals surface area contributed by atoms with E-state index in [1.807, 2.05) is 64.9 Å². The van der Waals surface area contributed by atoms with Gasteiger partial charge in [-0.05, 0) is 57.5 Å². The Labute approximate surface area is 190 Å². The molecule has 0 saturated carbocycles. The van der Waals surface area contributed by atoms with Crippen LogP contribution in [0.3, 0.4) is 0 Å². The fourth-order valence-corrected chi connectivity index (χ4v) is 4.85. The van der Waals surface area contributed by atoms with Crippen LogP contribution in [0.15, 0.2) is 78.2 Å². The van der Waals surface area contributed by atoms with Crippen molar-refractivity contribution in [3.8, 4) is 0 Å². The van der Waals surface area contributed by atoms with Crippen LogP contribution in [0.25, 0.3) is 10.8 Å². The Bertz CT molecular complexity index is 1280. The number of urea groups is 1. The standard InChI is InChI=1S/C26H23N3O2S/c30-25(24-9-4-14-32-24)29-13-12-18-10-11-22(15-21(18)17-29)28-26(31)27-16-20-7-3-6-19-5-1-2-8-23(19)20/h1-11,14-15H,12-13,16-17H2,(H2,27,28,31). The first-order valence-electron chi connectivity index (χ1n) is 10.6. The number of benzene rings is 3. The Morgan fingerprint density at radius 2 is 1.81 bits per heavy atom.